The van der Waals surface area contributed by atoms with Crippen molar-refractivity contribution in [3.63, 3.8) is 0 Å². The molecule has 6 nitrogen and oxygen atoms in total. The van der Waals surface area contributed by atoms with E-state index in [2.05, 4.69) is 31.3 Å². The Bertz CT molecular complexity index is 939. The summed E-state index contributed by atoms with van der Waals surface area (Å²) in [6, 6.07) is -0.552. The van der Waals surface area contributed by atoms with Gasteiger partial charge >= 0.3 is 5.97 Å². The minimum atomic E-state index is -0.673. The van der Waals surface area contributed by atoms with Crippen molar-refractivity contribution in [3.05, 3.63) is 12.2 Å². The van der Waals surface area contributed by atoms with Crippen molar-refractivity contribution < 1.29 is 24.5 Å². The number of ether oxygens (including phenoxy) is 1. The van der Waals surface area contributed by atoms with Gasteiger partial charge in [0.05, 0.1) is 25.4 Å². The van der Waals surface area contributed by atoms with Crippen molar-refractivity contribution in [2.75, 3.05) is 13.2 Å². The number of aliphatic hydroxyl groups is 2. The Kier molecular flexibility index (Phi) is 52.0. The molecule has 0 rings (SSSR count). The fraction of sp³-hybridized carbons (Fsp3) is 0.930. The summed E-state index contributed by atoms with van der Waals surface area (Å²) < 4.78 is 5.48. The quantitative estimate of drug-likeness (QED) is 0.0321. The number of carbonyl (C=O) groups excluding carboxylic acids is 2. The molecule has 0 aromatic carbocycles. The van der Waals surface area contributed by atoms with Crippen LogP contribution in [0.5, 0.6) is 0 Å². The zero-order chi connectivity index (χ0) is 45.8. The van der Waals surface area contributed by atoms with Gasteiger partial charge in [-0.3, -0.25) is 9.59 Å². The van der Waals surface area contributed by atoms with Gasteiger partial charge in [-0.05, 0) is 51.4 Å². The van der Waals surface area contributed by atoms with Crippen molar-refractivity contribution in [3.8, 4) is 0 Å². The summed E-state index contributed by atoms with van der Waals surface area (Å²) in [5.41, 5.74) is 0. The molecular weight excluding hydrogens is 779 g/mol. The molecule has 1 amide bonds. The van der Waals surface area contributed by atoms with Crippen LogP contribution in [0.1, 0.15) is 316 Å². The normalized spacial score (nSPS) is 12.6. The number of amides is 1. The monoisotopic (exact) mass is 890 g/mol. The van der Waals surface area contributed by atoms with E-state index >= 15 is 0 Å². The van der Waals surface area contributed by atoms with Crippen LogP contribution in [0.4, 0.5) is 0 Å². The van der Waals surface area contributed by atoms with Gasteiger partial charge in [0.1, 0.15) is 0 Å². The molecule has 2 unspecified atom stereocenters. The van der Waals surface area contributed by atoms with Crippen LogP contribution in [0.2, 0.25) is 0 Å². The van der Waals surface area contributed by atoms with Gasteiger partial charge in [-0.15, -0.1) is 0 Å². The second-order valence-corrected chi connectivity index (χ2v) is 19.6. The van der Waals surface area contributed by atoms with Gasteiger partial charge in [-0.1, -0.05) is 264 Å². The highest BCUT2D eigenvalue weighted by molar-refractivity contribution is 5.76. The number of nitrogens with one attached hydrogen (secondary N) is 1. The van der Waals surface area contributed by atoms with Crippen LogP contribution in [0.15, 0.2) is 12.2 Å². The Morgan fingerprint density at radius 1 is 0.429 bits per heavy atom. The SMILES string of the molecule is CCCCCCCCCCCCCCCCCCC(=O)OCCCCCCCCC/C=C\CCCCCCCC(=O)NC(CO)C(O)CCCCCCCCCCCCCCCC. The number of rotatable bonds is 53. The zero-order valence-corrected chi connectivity index (χ0v) is 42.6. The molecule has 0 heterocycles. The standard InChI is InChI=1S/C57H111NO5/c1-3-5-7-9-11-13-15-17-19-23-27-31-35-39-43-47-51-57(62)63-52-48-44-40-36-32-28-24-21-20-22-26-30-34-38-42-46-50-56(61)58-54(53-59)55(60)49-45-41-37-33-29-25-18-16-14-12-10-8-6-4-2/h20,22,54-55,59-60H,3-19,21,23-53H2,1-2H3,(H,58,61)/b22-20-. The first-order valence-electron chi connectivity index (χ1n) is 28.4. The second kappa shape index (κ2) is 53.2. The summed E-state index contributed by atoms with van der Waals surface area (Å²) in [4.78, 5) is 24.5. The van der Waals surface area contributed by atoms with E-state index in [1.54, 1.807) is 0 Å². The largest absolute Gasteiger partial charge is 0.466 e. The molecule has 374 valence electrons. The average Bonchev–Trinajstić information content (AvgIpc) is 3.28. The molecule has 6 heteroatoms. The molecule has 0 spiro atoms. The molecule has 3 N–H and O–H groups in total. The molecule has 0 aliphatic rings. The lowest BCUT2D eigenvalue weighted by Gasteiger charge is -2.22. The predicted octanol–water partition coefficient (Wildman–Crippen LogP) is 17.3. The van der Waals surface area contributed by atoms with Crippen LogP contribution >= 0.6 is 0 Å². The number of hydrogen-bond donors (Lipinski definition) is 3. The molecule has 0 aromatic rings. The molecule has 0 saturated carbocycles. The van der Waals surface area contributed by atoms with Gasteiger partial charge < -0.3 is 20.3 Å². The van der Waals surface area contributed by atoms with Crippen molar-refractivity contribution in [1.29, 1.82) is 0 Å². The Morgan fingerprint density at radius 2 is 0.746 bits per heavy atom. The number of unbranched alkanes of at least 4 members (excludes halogenated alkanes) is 40. The Morgan fingerprint density at radius 3 is 1.13 bits per heavy atom. The summed E-state index contributed by atoms with van der Waals surface area (Å²) in [6.07, 6.45) is 61.9. The van der Waals surface area contributed by atoms with E-state index in [1.807, 2.05) is 0 Å². The summed E-state index contributed by atoms with van der Waals surface area (Å²) in [7, 11) is 0. The minimum absolute atomic E-state index is 0.00109. The van der Waals surface area contributed by atoms with Crippen molar-refractivity contribution in [1.82, 2.24) is 5.32 Å². The van der Waals surface area contributed by atoms with E-state index in [4.69, 9.17) is 4.74 Å². The predicted molar refractivity (Wildman–Crippen MR) is 273 cm³/mol. The van der Waals surface area contributed by atoms with Crippen molar-refractivity contribution >= 4 is 11.9 Å². The van der Waals surface area contributed by atoms with Gasteiger partial charge in [-0.2, -0.15) is 0 Å². The van der Waals surface area contributed by atoms with Crippen molar-refractivity contribution in [2.24, 2.45) is 0 Å². The van der Waals surface area contributed by atoms with Gasteiger partial charge in [0, 0.05) is 12.8 Å². The summed E-state index contributed by atoms with van der Waals surface area (Å²) >= 11 is 0. The highest BCUT2D eigenvalue weighted by atomic mass is 16.5. The lowest BCUT2D eigenvalue weighted by atomic mass is 10.0. The highest BCUT2D eigenvalue weighted by Gasteiger charge is 2.20. The van der Waals surface area contributed by atoms with Gasteiger partial charge in [0.15, 0.2) is 0 Å². The second-order valence-electron chi connectivity index (χ2n) is 19.6. The number of esters is 1. The first kappa shape index (κ1) is 61.6. The molecule has 0 fully saturated rings. The maximum Gasteiger partial charge on any atom is 0.305 e. The number of carbonyl (C=O) groups is 2. The molecule has 0 aliphatic carbocycles. The van der Waals surface area contributed by atoms with Crippen LogP contribution in [0.25, 0.3) is 0 Å². The van der Waals surface area contributed by atoms with Crippen LogP contribution < -0.4 is 5.32 Å². The zero-order valence-electron chi connectivity index (χ0n) is 42.6. The van der Waals surface area contributed by atoms with Crippen LogP contribution in [-0.4, -0.2) is 47.4 Å². The molecule has 2 atom stereocenters. The van der Waals surface area contributed by atoms with E-state index in [0.717, 1.165) is 64.2 Å². The maximum absolute atomic E-state index is 12.5. The number of hydrogen-bond acceptors (Lipinski definition) is 5. The Hall–Kier alpha value is -1.40. The lowest BCUT2D eigenvalue weighted by molar-refractivity contribution is -0.143. The topological polar surface area (TPSA) is 95.9 Å². The van der Waals surface area contributed by atoms with Crippen molar-refractivity contribution in [2.45, 2.75) is 328 Å². The maximum atomic E-state index is 12.5. The van der Waals surface area contributed by atoms with E-state index in [0.29, 0.717) is 25.9 Å². The molecule has 0 aliphatic heterocycles. The van der Waals surface area contributed by atoms with Gasteiger partial charge in [0.2, 0.25) is 5.91 Å². The third-order valence-electron chi connectivity index (χ3n) is 13.3. The Labute approximate surface area is 393 Å². The smallest absolute Gasteiger partial charge is 0.305 e. The average molecular weight is 891 g/mol. The van der Waals surface area contributed by atoms with E-state index in [-0.39, 0.29) is 18.5 Å². The lowest BCUT2D eigenvalue weighted by Crippen LogP contribution is -2.45. The fourth-order valence-corrected chi connectivity index (χ4v) is 8.93. The third-order valence-corrected chi connectivity index (χ3v) is 13.3. The summed E-state index contributed by atoms with van der Waals surface area (Å²) in [6.45, 7) is 4.95. The number of aliphatic hydroxyl groups excluding tert-OH is 2. The van der Waals surface area contributed by atoms with E-state index in [9.17, 15) is 19.8 Å². The van der Waals surface area contributed by atoms with Gasteiger partial charge in [-0.25, -0.2) is 0 Å². The summed E-state index contributed by atoms with van der Waals surface area (Å²) in [5.74, 6) is -0.0494. The molecule has 63 heavy (non-hydrogen) atoms. The Balaban J connectivity index is 3.44. The highest BCUT2D eigenvalue weighted by Crippen LogP contribution is 2.17. The minimum Gasteiger partial charge on any atom is -0.466 e. The van der Waals surface area contributed by atoms with Crippen LogP contribution in [0.3, 0.4) is 0 Å². The first-order valence-corrected chi connectivity index (χ1v) is 28.4. The summed E-state index contributed by atoms with van der Waals surface area (Å²) in [5, 5.41) is 23.2. The van der Waals surface area contributed by atoms with Crippen LogP contribution in [-0.2, 0) is 14.3 Å². The van der Waals surface area contributed by atoms with E-state index < -0.39 is 12.1 Å². The van der Waals surface area contributed by atoms with E-state index in [1.165, 1.54) is 218 Å². The molecular formula is C57H111NO5. The van der Waals surface area contributed by atoms with Crippen LogP contribution in [0, 0.1) is 0 Å². The molecule has 0 radical (unpaired) electrons. The molecule has 0 bridgehead atoms. The fourth-order valence-electron chi connectivity index (χ4n) is 8.93. The number of allylic oxidation sites excluding steroid dienone is 2. The third kappa shape index (κ3) is 49.9. The first-order chi connectivity index (χ1) is 31.0. The molecule has 0 saturated heterocycles. The molecule has 0 aromatic heterocycles. The van der Waals surface area contributed by atoms with Gasteiger partial charge in [0.25, 0.3) is 0 Å².